The summed E-state index contributed by atoms with van der Waals surface area (Å²) in [5.41, 5.74) is 4.42. The predicted molar refractivity (Wildman–Crippen MR) is 87.4 cm³/mol. The molecule has 2 aromatic rings. The van der Waals surface area contributed by atoms with E-state index in [2.05, 4.69) is 18.3 Å². The van der Waals surface area contributed by atoms with Crippen LogP contribution in [0.4, 0.5) is 4.39 Å². The minimum atomic E-state index is -0.187. The summed E-state index contributed by atoms with van der Waals surface area (Å²) in [4.78, 5) is 0. The standard InChI is InChI=1S/C18H21ClFN/c1-4-21-18(15-7-12(2)8-16(19)9-15)11-14-10-17(20)6-5-13(14)3/h5-10,18,21H,4,11H2,1-3H3. The first-order valence-corrected chi connectivity index (χ1v) is 7.63. The van der Waals surface area contributed by atoms with E-state index in [-0.39, 0.29) is 11.9 Å². The molecule has 0 aromatic heterocycles. The lowest BCUT2D eigenvalue weighted by Gasteiger charge is -2.20. The molecule has 2 aromatic carbocycles. The highest BCUT2D eigenvalue weighted by molar-refractivity contribution is 6.30. The maximum absolute atomic E-state index is 13.5. The van der Waals surface area contributed by atoms with Gasteiger partial charge in [-0.05, 0) is 73.3 Å². The van der Waals surface area contributed by atoms with Crippen LogP contribution in [0, 0.1) is 19.7 Å². The van der Waals surface area contributed by atoms with Gasteiger partial charge in [0, 0.05) is 11.1 Å². The smallest absolute Gasteiger partial charge is 0.123 e. The molecule has 0 heterocycles. The van der Waals surface area contributed by atoms with Gasteiger partial charge in [-0.2, -0.15) is 0 Å². The van der Waals surface area contributed by atoms with Crippen molar-refractivity contribution in [3.63, 3.8) is 0 Å². The molecular formula is C18H21ClFN. The Kier molecular flexibility index (Phi) is 5.38. The van der Waals surface area contributed by atoms with Crippen molar-refractivity contribution in [1.29, 1.82) is 0 Å². The molecule has 0 aliphatic heterocycles. The second-order valence-electron chi connectivity index (χ2n) is 5.45. The monoisotopic (exact) mass is 305 g/mol. The van der Waals surface area contributed by atoms with Gasteiger partial charge in [0.1, 0.15) is 5.82 Å². The molecule has 0 amide bonds. The third-order valence-electron chi connectivity index (χ3n) is 3.65. The van der Waals surface area contributed by atoms with Crippen molar-refractivity contribution in [3.8, 4) is 0 Å². The number of halogens is 2. The zero-order chi connectivity index (χ0) is 15.4. The Morgan fingerprint density at radius 2 is 1.90 bits per heavy atom. The van der Waals surface area contributed by atoms with Crippen molar-refractivity contribution < 1.29 is 4.39 Å². The SMILES string of the molecule is CCNC(Cc1cc(F)ccc1C)c1cc(C)cc(Cl)c1. The Hall–Kier alpha value is -1.38. The van der Waals surface area contributed by atoms with E-state index in [0.29, 0.717) is 0 Å². The van der Waals surface area contributed by atoms with Crippen LogP contribution in [-0.2, 0) is 6.42 Å². The minimum absolute atomic E-state index is 0.132. The quantitative estimate of drug-likeness (QED) is 0.820. The summed E-state index contributed by atoms with van der Waals surface area (Å²) < 4.78 is 13.5. The Bertz CT molecular complexity index is 604. The molecule has 112 valence electrons. The molecular weight excluding hydrogens is 285 g/mol. The summed E-state index contributed by atoms with van der Waals surface area (Å²) in [7, 11) is 0. The molecule has 1 N–H and O–H groups in total. The summed E-state index contributed by atoms with van der Waals surface area (Å²) in [5, 5.41) is 4.21. The molecule has 2 rings (SSSR count). The normalized spacial score (nSPS) is 12.4. The number of aryl methyl sites for hydroxylation is 2. The lowest BCUT2D eigenvalue weighted by atomic mass is 9.95. The van der Waals surface area contributed by atoms with Gasteiger partial charge in [0.2, 0.25) is 0 Å². The lowest BCUT2D eigenvalue weighted by Crippen LogP contribution is -2.23. The molecule has 0 bridgehead atoms. The van der Waals surface area contributed by atoms with Crippen molar-refractivity contribution in [2.75, 3.05) is 6.54 Å². The largest absolute Gasteiger partial charge is 0.310 e. The van der Waals surface area contributed by atoms with Gasteiger partial charge in [0.25, 0.3) is 0 Å². The fraction of sp³-hybridized carbons (Fsp3) is 0.333. The van der Waals surface area contributed by atoms with Crippen molar-refractivity contribution in [2.24, 2.45) is 0 Å². The van der Waals surface area contributed by atoms with Crippen molar-refractivity contribution in [2.45, 2.75) is 33.2 Å². The Morgan fingerprint density at radius 1 is 1.14 bits per heavy atom. The molecule has 0 spiro atoms. The van der Waals surface area contributed by atoms with Gasteiger partial charge in [0.05, 0.1) is 0 Å². The summed E-state index contributed by atoms with van der Waals surface area (Å²) in [5.74, 6) is -0.187. The van der Waals surface area contributed by atoms with E-state index in [1.165, 1.54) is 6.07 Å². The maximum Gasteiger partial charge on any atom is 0.123 e. The Balaban J connectivity index is 2.32. The number of hydrogen-bond acceptors (Lipinski definition) is 1. The summed E-state index contributed by atoms with van der Waals surface area (Å²) >= 11 is 6.17. The first-order valence-electron chi connectivity index (χ1n) is 7.25. The van der Waals surface area contributed by atoms with Gasteiger partial charge in [-0.25, -0.2) is 4.39 Å². The van der Waals surface area contributed by atoms with Crippen LogP contribution >= 0.6 is 11.6 Å². The number of nitrogens with one attached hydrogen (secondary N) is 1. The lowest BCUT2D eigenvalue weighted by molar-refractivity contribution is 0.545. The van der Waals surface area contributed by atoms with Gasteiger partial charge < -0.3 is 5.32 Å². The van der Waals surface area contributed by atoms with Crippen LogP contribution in [0.2, 0.25) is 5.02 Å². The summed E-state index contributed by atoms with van der Waals surface area (Å²) in [6.45, 7) is 6.97. The second-order valence-corrected chi connectivity index (χ2v) is 5.88. The van der Waals surface area contributed by atoms with Gasteiger partial charge in [0.15, 0.2) is 0 Å². The van der Waals surface area contributed by atoms with Crippen LogP contribution in [0.3, 0.4) is 0 Å². The van der Waals surface area contributed by atoms with Gasteiger partial charge >= 0.3 is 0 Å². The molecule has 1 unspecified atom stereocenters. The van der Waals surface area contributed by atoms with Crippen LogP contribution < -0.4 is 5.32 Å². The van der Waals surface area contributed by atoms with Crippen LogP contribution in [0.5, 0.6) is 0 Å². The van der Waals surface area contributed by atoms with Gasteiger partial charge in [-0.3, -0.25) is 0 Å². The molecule has 0 aliphatic rings. The fourth-order valence-corrected chi connectivity index (χ4v) is 2.90. The topological polar surface area (TPSA) is 12.0 Å². The van der Waals surface area contributed by atoms with Crippen molar-refractivity contribution in [3.05, 3.63) is 69.5 Å². The van der Waals surface area contributed by atoms with E-state index in [1.54, 1.807) is 6.07 Å². The number of hydrogen-bond donors (Lipinski definition) is 1. The molecule has 0 saturated heterocycles. The van der Waals surface area contributed by atoms with E-state index in [0.717, 1.165) is 40.2 Å². The van der Waals surface area contributed by atoms with E-state index in [1.807, 2.05) is 32.0 Å². The average Bonchev–Trinajstić information content (AvgIpc) is 2.41. The first kappa shape index (κ1) is 16.0. The Labute approximate surface area is 131 Å². The Morgan fingerprint density at radius 3 is 2.57 bits per heavy atom. The highest BCUT2D eigenvalue weighted by Gasteiger charge is 2.14. The molecule has 0 aliphatic carbocycles. The summed E-state index contributed by atoms with van der Waals surface area (Å²) in [6, 6.07) is 11.2. The third kappa shape index (κ3) is 4.29. The molecule has 1 atom stereocenters. The average molecular weight is 306 g/mol. The van der Waals surface area contributed by atoms with Crippen LogP contribution in [0.25, 0.3) is 0 Å². The van der Waals surface area contributed by atoms with Gasteiger partial charge in [-0.15, -0.1) is 0 Å². The van der Waals surface area contributed by atoms with Crippen LogP contribution in [0.1, 0.15) is 35.2 Å². The van der Waals surface area contributed by atoms with E-state index >= 15 is 0 Å². The molecule has 21 heavy (non-hydrogen) atoms. The summed E-state index contributed by atoms with van der Waals surface area (Å²) in [6.07, 6.45) is 0.747. The van der Waals surface area contributed by atoms with Crippen molar-refractivity contribution >= 4 is 11.6 Å². The van der Waals surface area contributed by atoms with Crippen molar-refractivity contribution in [1.82, 2.24) is 5.32 Å². The zero-order valence-electron chi connectivity index (χ0n) is 12.7. The third-order valence-corrected chi connectivity index (χ3v) is 3.87. The van der Waals surface area contributed by atoms with E-state index in [4.69, 9.17) is 11.6 Å². The molecule has 0 radical (unpaired) electrons. The molecule has 1 nitrogen and oxygen atoms in total. The molecule has 0 fully saturated rings. The number of benzene rings is 2. The second kappa shape index (κ2) is 7.06. The minimum Gasteiger partial charge on any atom is -0.310 e. The predicted octanol–water partition coefficient (Wildman–Crippen LogP) is 4.99. The maximum atomic E-state index is 13.5. The van der Waals surface area contributed by atoms with Crippen LogP contribution in [-0.4, -0.2) is 6.54 Å². The highest BCUT2D eigenvalue weighted by Crippen LogP contribution is 2.25. The van der Waals surface area contributed by atoms with E-state index < -0.39 is 0 Å². The fourth-order valence-electron chi connectivity index (χ4n) is 2.60. The first-order chi connectivity index (χ1) is 9.99. The molecule has 0 saturated carbocycles. The van der Waals surface area contributed by atoms with Crippen LogP contribution in [0.15, 0.2) is 36.4 Å². The zero-order valence-corrected chi connectivity index (χ0v) is 13.5. The van der Waals surface area contributed by atoms with E-state index in [9.17, 15) is 4.39 Å². The van der Waals surface area contributed by atoms with Gasteiger partial charge in [-0.1, -0.05) is 30.7 Å². The number of rotatable bonds is 5. The molecule has 3 heteroatoms. The highest BCUT2D eigenvalue weighted by atomic mass is 35.5. The number of likely N-dealkylation sites (N-methyl/N-ethyl adjacent to an activating group) is 1.